The minimum Gasteiger partial charge on any atom is -0.489 e. The molecule has 0 saturated heterocycles. The fourth-order valence-electron chi connectivity index (χ4n) is 3.32. The van der Waals surface area contributed by atoms with Crippen molar-refractivity contribution in [2.24, 2.45) is 0 Å². The predicted octanol–water partition coefficient (Wildman–Crippen LogP) is 4.55. The summed E-state index contributed by atoms with van der Waals surface area (Å²) in [5.74, 6) is 1.18. The molecule has 0 N–H and O–H groups in total. The molecule has 34 heavy (non-hydrogen) atoms. The van der Waals surface area contributed by atoms with E-state index in [1.54, 1.807) is 24.3 Å². The first-order valence-electron chi connectivity index (χ1n) is 9.99. The number of halogens is 2. The lowest BCUT2D eigenvalue weighted by Crippen LogP contribution is -2.07. The lowest BCUT2D eigenvalue weighted by Gasteiger charge is -2.12. The quantitative estimate of drug-likeness (QED) is 0.249. The van der Waals surface area contributed by atoms with E-state index in [2.05, 4.69) is 16.0 Å². The lowest BCUT2D eigenvalue weighted by molar-refractivity contribution is 0.300. The number of rotatable bonds is 8. The highest BCUT2D eigenvalue weighted by Crippen LogP contribution is 2.33. The summed E-state index contributed by atoms with van der Waals surface area (Å²) in [6.45, 7) is 0.331. The standard InChI is InChI=1S/C23H18Cl2N4O4S/c1-34(30,31)23-27-7-4-17(28-23)14-33-19-2-3-21-15(11-19)5-8-29(21)18-10-16(13-26)22(20(25)12-18)32-9-6-24/h2-5,7-8,10-12H,6,9,14H2,1H3. The van der Waals surface area contributed by atoms with E-state index in [9.17, 15) is 13.7 Å². The van der Waals surface area contributed by atoms with Crippen LogP contribution in [0.2, 0.25) is 5.02 Å². The molecular weight excluding hydrogens is 499 g/mol. The number of ether oxygens (including phenoxy) is 2. The average Bonchev–Trinajstić information content (AvgIpc) is 3.24. The number of nitrogens with zero attached hydrogens (tertiary/aromatic N) is 4. The van der Waals surface area contributed by atoms with E-state index < -0.39 is 9.84 Å². The van der Waals surface area contributed by atoms with E-state index in [0.717, 1.165) is 17.2 Å². The summed E-state index contributed by atoms with van der Waals surface area (Å²) < 4.78 is 36.5. The highest BCUT2D eigenvalue weighted by atomic mass is 35.5. The molecule has 0 radical (unpaired) electrons. The van der Waals surface area contributed by atoms with Crippen molar-refractivity contribution in [1.29, 1.82) is 5.26 Å². The van der Waals surface area contributed by atoms with Crippen LogP contribution < -0.4 is 9.47 Å². The van der Waals surface area contributed by atoms with Crippen LogP contribution in [-0.4, -0.2) is 41.7 Å². The second-order valence-corrected chi connectivity index (χ2v) is 9.95. The van der Waals surface area contributed by atoms with Crippen molar-refractivity contribution in [2.45, 2.75) is 11.8 Å². The predicted molar refractivity (Wildman–Crippen MR) is 129 cm³/mol. The van der Waals surface area contributed by atoms with Crippen molar-refractivity contribution >= 4 is 43.9 Å². The molecule has 0 atom stereocenters. The Labute approximate surface area is 206 Å². The van der Waals surface area contributed by atoms with Crippen molar-refractivity contribution in [3.8, 4) is 23.3 Å². The maximum atomic E-state index is 11.6. The molecule has 2 aromatic heterocycles. The number of fused-ring (bicyclic) bond motifs is 1. The van der Waals surface area contributed by atoms with Crippen molar-refractivity contribution < 1.29 is 17.9 Å². The largest absolute Gasteiger partial charge is 0.489 e. The van der Waals surface area contributed by atoms with Gasteiger partial charge in [0, 0.05) is 29.7 Å². The Morgan fingerprint density at radius 2 is 1.97 bits per heavy atom. The Kier molecular flexibility index (Phi) is 6.93. The number of alkyl halides is 1. The third-order valence-electron chi connectivity index (χ3n) is 4.82. The van der Waals surface area contributed by atoms with Gasteiger partial charge in [-0.3, -0.25) is 0 Å². The van der Waals surface area contributed by atoms with Crippen molar-refractivity contribution in [3.63, 3.8) is 0 Å². The lowest BCUT2D eigenvalue weighted by atomic mass is 10.2. The van der Waals surface area contributed by atoms with Gasteiger partial charge >= 0.3 is 0 Å². The van der Waals surface area contributed by atoms with Crippen LogP contribution in [0.25, 0.3) is 16.6 Å². The van der Waals surface area contributed by atoms with Gasteiger partial charge in [-0.25, -0.2) is 18.4 Å². The zero-order chi connectivity index (χ0) is 24.3. The Morgan fingerprint density at radius 1 is 1.15 bits per heavy atom. The fraction of sp³-hybridized carbons (Fsp3) is 0.174. The van der Waals surface area contributed by atoms with Crippen LogP contribution in [0.1, 0.15) is 11.3 Å². The van der Waals surface area contributed by atoms with E-state index in [4.69, 9.17) is 32.7 Å². The highest BCUT2D eigenvalue weighted by Gasteiger charge is 2.14. The molecule has 0 bridgehead atoms. The molecule has 0 saturated carbocycles. The van der Waals surface area contributed by atoms with Gasteiger partial charge in [0.25, 0.3) is 0 Å². The first kappa shape index (κ1) is 23.8. The summed E-state index contributed by atoms with van der Waals surface area (Å²) in [6.07, 6.45) is 4.31. The van der Waals surface area contributed by atoms with Gasteiger partial charge in [0.1, 0.15) is 25.0 Å². The van der Waals surface area contributed by atoms with Gasteiger partial charge in [-0.05, 0) is 42.5 Å². The monoisotopic (exact) mass is 516 g/mol. The minimum atomic E-state index is -3.50. The Morgan fingerprint density at radius 3 is 2.71 bits per heavy atom. The van der Waals surface area contributed by atoms with Gasteiger partial charge in [-0.15, -0.1) is 11.6 Å². The van der Waals surface area contributed by atoms with Crippen LogP contribution in [0.4, 0.5) is 0 Å². The molecule has 0 amide bonds. The molecule has 0 unspecified atom stereocenters. The first-order valence-corrected chi connectivity index (χ1v) is 12.8. The molecule has 11 heteroatoms. The summed E-state index contributed by atoms with van der Waals surface area (Å²) in [5.41, 5.74) is 2.34. The molecule has 2 aromatic carbocycles. The minimum absolute atomic E-state index is 0.0855. The number of hydrogen-bond acceptors (Lipinski definition) is 7. The molecule has 0 aliphatic carbocycles. The molecule has 0 spiro atoms. The maximum Gasteiger partial charge on any atom is 0.247 e. The summed E-state index contributed by atoms with van der Waals surface area (Å²) in [6, 6.07) is 14.6. The molecule has 0 aliphatic heterocycles. The van der Waals surface area contributed by atoms with Crippen LogP contribution in [0.5, 0.6) is 11.5 Å². The van der Waals surface area contributed by atoms with Gasteiger partial charge < -0.3 is 14.0 Å². The average molecular weight is 517 g/mol. The van der Waals surface area contributed by atoms with Gasteiger partial charge in [-0.1, -0.05) is 11.6 Å². The number of aromatic nitrogens is 3. The SMILES string of the molecule is CS(=O)(=O)c1nccc(COc2ccc3c(ccn3-c3cc(Cl)c(OCCCl)c(C#N)c3)c2)n1. The molecule has 4 aromatic rings. The summed E-state index contributed by atoms with van der Waals surface area (Å²) in [4.78, 5) is 7.81. The molecule has 174 valence electrons. The van der Waals surface area contributed by atoms with Gasteiger partial charge in [0.05, 0.1) is 27.7 Å². The van der Waals surface area contributed by atoms with E-state index in [-0.39, 0.29) is 24.3 Å². The van der Waals surface area contributed by atoms with Crippen molar-refractivity contribution in [3.05, 3.63) is 71.1 Å². The Bertz CT molecular complexity index is 1510. The van der Waals surface area contributed by atoms with E-state index in [1.807, 2.05) is 29.0 Å². The maximum absolute atomic E-state index is 11.6. The van der Waals surface area contributed by atoms with Gasteiger partial charge in [0.2, 0.25) is 15.0 Å². The topological polar surface area (TPSA) is 107 Å². The number of benzene rings is 2. The molecule has 0 aliphatic rings. The zero-order valence-electron chi connectivity index (χ0n) is 17.9. The van der Waals surface area contributed by atoms with Crippen LogP contribution in [0.15, 0.2) is 60.0 Å². The third-order valence-corrected chi connectivity index (χ3v) is 6.12. The Hall–Kier alpha value is -3.32. The van der Waals surface area contributed by atoms with E-state index in [0.29, 0.717) is 33.5 Å². The Balaban J connectivity index is 1.59. The summed E-state index contributed by atoms with van der Waals surface area (Å²) in [5, 5.41) is 10.5. The summed E-state index contributed by atoms with van der Waals surface area (Å²) in [7, 11) is -3.50. The molecule has 2 heterocycles. The molecule has 8 nitrogen and oxygen atoms in total. The third kappa shape index (κ3) is 5.09. The summed E-state index contributed by atoms with van der Waals surface area (Å²) >= 11 is 12.1. The smallest absolute Gasteiger partial charge is 0.247 e. The second kappa shape index (κ2) is 9.89. The van der Waals surface area contributed by atoms with Crippen LogP contribution in [0, 0.1) is 11.3 Å². The second-order valence-electron chi connectivity index (χ2n) is 7.25. The van der Waals surface area contributed by atoms with Gasteiger partial charge in [0.15, 0.2) is 5.75 Å². The van der Waals surface area contributed by atoms with Crippen molar-refractivity contribution in [1.82, 2.24) is 14.5 Å². The van der Waals surface area contributed by atoms with E-state index >= 15 is 0 Å². The van der Waals surface area contributed by atoms with Crippen LogP contribution >= 0.6 is 23.2 Å². The molecular formula is C23H18Cl2N4O4S. The normalized spacial score (nSPS) is 11.4. The van der Waals surface area contributed by atoms with Crippen LogP contribution in [-0.2, 0) is 16.4 Å². The fourth-order valence-corrected chi connectivity index (χ4v) is 4.20. The van der Waals surface area contributed by atoms with E-state index in [1.165, 1.54) is 6.20 Å². The zero-order valence-corrected chi connectivity index (χ0v) is 20.2. The number of hydrogen-bond donors (Lipinski definition) is 0. The molecule has 4 rings (SSSR count). The van der Waals surface area contributed by atoms with Crippen LogP contribution in [0.3, 0.4) is 0 Å². The number of sulfone groups is 1. The highest BCUT2D eigenvalue weighted by molar-refractivity contribution is 7.90. The number of nitriles is 1. The van der Waals surface area contributed by atoms with Gasteiger partial charge in [-0.2, -0.15) is 5.26 Å². The molecule has 0 fully saturated rings. The van der Waals surface area contributed by atoms with Crippen molar-refractivity contribution in [2.75, 3.05) is 18.7 Å². The first-order chi connectivity index (χ1) is 16.3.